The zero-order chi connectivity index (χ0) is 20.1. The van der Waals surface area contributed by atoms with Crippen LogP contribution < -0.4 is 16.4 Å². The monoisotopic (exact) mass is 376 g/mol. The van der Waals surface area contributed by atoms with E-state index in [1.165, 1.54) is 18.2 Å². The number of rotatable bonds is 8. The van der Waals surface area contributed by atoms with E-state index in [9.17, 15) is 14.9 Å². The molecule has 0 aliphatic heterocycles. The number of nitrogen functional groups attached to an aromatic ring is 1. The maximum atomic E-state index is 11.6. The molecule has 0 saturated heterocycles. The molecule has 0 spiro atoms. The lowest BCUT2D eigenvalue weighted by atomic mass is 10.2. The first-order chi connectivity index (χ1) is 12.9. The van der Waals surface area contributed by atoms with Crippen LogP contribution in [0.25, 0.3) is 0 Å². The van der Waals surface area contributed by atoms with Crippen molar-refractivity contribution in [3.8, 4) is 0 Å². The maximum Gasteiger partial charge on any atom is 0.294 e. The van der Waals surface area contributed by atoms with Crippen molar-refractivity contribution in [2.45, 2.75) is 12.5 Å². The Hall–Kier alpha value is -3.01. The lowest BCUT2D eigenvalue weighted by Gasteiger charge is -2.09. The second kappa shape index (κ2) is 12.4. The van der Waals surface area contributed by atoms with Crippen LogP contribution in [0, 0.1) is 10.1 Å². The molecule has 0 saturated carbocycles. The van der Waals surface area contributed by atoms with Gasteiger partial charge in [-0.05, 0) is 12.1 Å². The number of benzene rings is 2. The molecule has 0 bridgehead atoms. The number of nitrogens with zero attached hydrogens (tertiary/aromatic N) is 1. The molecule has 27 heavy (non-hydrogen) atoms. The predicted octanol–water partition coefficient (Wildman–Crippen LogP) is 1.13. The average molecular weight is 376 g/mol. The highest BCUT2D eigenvalue weighted by Crippen LogP contribution is 2.24. The zero-order valence-electron chi connectivity index (χ0n) is 14.7. The molecular weight excluding hydrogens is 352 g/mol. The van der Waals surface area contributed by atoms with Gasteiger partial charge in [0.1, 0.15) is 5.69 Å². The number of anilines is 2. The van der Waals surface area contributed by atoms with Crippen LogP contribution in [0.15, 0.2) is 54.6 Å². The van der Waals surface area contributed by atoms with E-state index >= 15 is 0 Å². The fraction of sp³-hybridized carbons (Fsp3) is 0.278. The summed E-state index contributed by atoms with van der Waals surface area (Å²) in [5.41, 5.74) is 5.50. The summed E-state index contributed by atoms with van der Waals surface area (Å²) in [6.07, 6.45) is -0.746. The van der Waals surface area contributed by atoms with E-state index in [1.54, 1.807) is 0 Å². The third-order valence-corrected chi connectivity index (χ3v) is 3.30. The molecule has 1 unspecified atom stereocenters. The van der Waals surface area contributed by atoms with E-state index in [-0.39, 0.29) is 42.5 Å². The van der Waals surface area contributed by atoms with E-state index in [2.05, 4.69) is 10.6 Å². The Morgan fingerprint density at radius 3 is 2.30 bits per heavy atom. The summed E-state index contributed by atoms with van der Waals surface area (Å²) in [4.78, 5) is 21.7. The standard InChI is InChI=1S/C12H18N4O5.C6H6/c13-10-2-1-8(5-11(10)16(20)21)15-12(19)3-4-14-6-9(18)7-17;1-2-4-6-5-3-1/h1-2,5,9,14,17-18H,3-4,6-7,13H2,(H,15,19);1-6H. The highest BCUT2D eigenvalue weighted by Gasteiger charge is 2.13. The van der Waals surface area contributed by atoms with Crippen LogP contribution in [0.3, 0.4) is 0 Å². The molecule has 0 aromatic heterocycles. The number of hydrogen-bond donors (Lipinski definition) is 5. The third kappa shape index (κ3) is 9.31. The summed E-state index contributed by atoms with van der Waals surface area (Å²) < 4.78 is 0. The molecule has 0 heterocycles. The first-order valence-corrected chi connectivity index (χ1v) is 8.27. The van der Waals surface area contributed by atoms with Crippen LogP contribution in [0.1, 0.15) is 6.42 Å². The van der Waals surface area contributed by atoms with Gasteiger partial charge in [0.25, 0.3) is 5.69 Å². The second-order valence-corrected chi connectivity index (χ2v) is 5.52. The molecule has 0 radical (unpaired) electrons. The predicted molar refractivity (Wildman–Crippen MR) is 103 cm³/mol. The van der Waals surface area contributed by atoms with Crippen molar-refractivity contribution in [2.75, 3.05) is 30.7 Å². The van der Waals surface area contributed by atoms with Crippen molar-refractivity contribution in [2.24, 2.45) is 0 Å². The van der Waals surface area contributed by atoms with Crippen molar-refractivity contribution in [1.82, 2.24) is 5.32 Å². The number of nitro groups is 1. The van der Waals surface area contributed by atoms with E-state index in [1.807, 2.05) is 36.4 Å². The van der Waals surface area contributed by atoms with Gasteiger partial charge in [0.15, 0.2) is 0 Å². The van der Waals surface area contributed by atoms with Crippen molar-refractivity contribution in [3.05, 3.63) is 64.7 Å². The molecule has 6 N–H and O–H groups in total. The summed E-state index contributed by atoms with van der Waals surface area (Å²) in [7, 11) is 0. The Balaban J connectivity index is 0.000000511. The molecule has 9 nitrogen and oxygen atoms in total. The number of nitrogens with one attached hydrogen (secondary N) is 2. The number of carbonyl (C=O) groups excluding carboxylic acids is 1. The van der Waals surface area contributed by atoms with Gasteiger partial charge in [-0.1, -0.05) is 36.4 Å². The lowest BCUT2D eigenvalue weighted by Crippen LogP contribution is -2.31. The number of aliphatic hydroxyl groups excluding tert-OH is 2. The van der Waals surface area contributed by atoms with Gasteiger partial charge in [-0.3, -0.25) is 14.9 Å². The third-order valence-electron chi connectivity index (χ3n) is 3.30. The largest absolute Gasteiger partial charge is 0.394 e. The Labute approximate surface area is 157 Å². The zero-order valence-corrected chi connectivity index (χ0v) is 14.7. The van der Waals surface area contributed by atoms with Crippen LogP contribution in [0.4, 0.5) is 17.1 Å². The molecule has 2 aromatic carbocycles. The van der Waals surface area contributed by atoms with E-state index in [4.69, 9.17) is 15.9 Å². The number of carbonyl (C=O) groups is 1. The summed E-state index contributed by atoms with van der Waals surface area (Å²) in [5, 5.41) is 33.7. The van der Waals surface area contributed by atoms with Gasteiger partial charge in [0.2, 0.25) is 5.91 Å². The first-order valence-electron chi connectivity index (χ1n) is 8.27. The van der Waals surface area contributed by atoms with Gasteiger partial charge in [-0.25, -0.2) is 0 Å². The van der Waals surface area contributed by atoms with Gasteiger partial charge in [0.05, 0.1) is 17.6 Å². The smallest absolute Gasteiger partial charge is 0.294 e. The highest BCUT2D eigenvalue weighted by atomic mass is 16.6. The topological polar surface area (TPSA) is 151 Å². The van der Waals surface area contributed by atoms with Gasteiger partial charge < -0.3 is 26.6 Å². The molecule has 0 fully saturated rings. The molecule has 2 aromatic rings. The van der Waals surface area contributed by atoms with Gasteiger partial charge in [-0.2, -0.15) is 0 Å². The fourth-order valence-electron chi connectivity index (χ4n) is 1.92. The van der Waals surface area contributed by atoms with Crippen molar-refractivity contribution in [1.29, 1.82) is 0 Å². The summed E-state index contributed by atoms with van der Waals surface area (Å²) in [6, 6.07) is 16.0. The molecule has 1 amide bonds. The molecule has 9 heteroatoms. The first kappa shape index (κ1) is 22.0. The number of amides is 1. The van der Waals surface area contributed by atoms with E-state index in [0.29, 0.717) is 6.54 Å². The highest BCUT2D eigenvalue weighted by molar-refractivity contribution is 5.91. The Morgan fingerprint density at radius 1 is 1.19 bits per heavy atom. The quantitative estimate of drug-likeness (QED) is 0.200. The van der Waals surface area contributed by atoms with Gasteiger partial charge in [-0.15, -0.1) is 0 Å². The molecule has 1 atom stereocenters. The number of nitro benzene ring substituents is 1. The fourth-order valence-corrected chi connectivity index (χ4v) is 1.92. The second-order valence-electron chi connectivity index (χ2n) is 5.52. The minimum atomic E-state index is -0.868. The van der Waals surface area contributed by atoms with Crippen LogP contribution in [0.5, 0.6) is 0 Å². The summed E-state index contributed by atoms with van der Waals surface area (Å²) in [5.74, 6) is -0.333. The van der Waals surface area contributed by atoms with E-state index < -0.39 is 11.0 Å². The Morgan fingerprint density at radius 2 is 1.78 bits per heavy atom. The molecule has 0 aliphatic rings. The summed E-state index contributed by atoms with van der Waals surface area (Å²) in [6.45, 7) is 0.130. The number of aliphatic hydroxyl groups is 2. The number of hydrogen-bond acceptors (Lipinski definition) is 7. The minimum absolute atomic E-state index is 0.0256. The molecule has 2 rings (SSSR count). The number of nitrogens with two attached hydrogens (primary N) is 1. The van der Waals surface area contributed by atoms with Crippen LogP contribution in [-0.2, 0) is 4.79 Å². The van der Waals surface area contributed by atoms with Crippen LogP contribution >= 0.6 is 0 Å². The van der Waals surface area contributed by atoms with E-state index in [0.717, 1.165) is 0 Å². The molecular formula is C18H24N4O5. The SMILES string of the molecule is Nc1ccc(NC(=O)CCNCC(O)CO)cc1[N+](=O)[O-].c1ccccc1. The average Bonchev–Trinajstić information content (AvgIpc) is 2.68. The van der Waals surface area contributed by atoms with Crippen LogP contribution in [0.2, 0.25) is 0 Å². The van der Waals surface area contributed by atoms with Crippen LogP contribution in [-0.4, -0.2) is 46.8 Å². The minimum Gasteiger partial charge on any atom is -0.394 e. The molecule has 146 valence electrons. The lowest BCUT2D eigenvalue weighted by molar-refractivity contribution is -0.383. The normalized spacial score (nSPS) is 11.0. The Bertz CT molecular complexity index is 685. The van der Waals surface area contributed by atoms with Crippen molar-refractivity contribution >= 4 is 23.0 Å². The van der Waals surface area contributed by atoms with Gasteiger partial charge in [0, 0.05) is 31.3 Å². The maximum absolute atomic E-state index is 11.6. The van der Waals surface area contributed by atoms with Crippen molar-refractivity contribution in [3.63, 3.8) is 0 Å². The van der Waals surface area contributed by atoms with Gasteiger partial charge >= 0.3 is 0 Å². The van der Waals surface area contributed by atoms with Crippen molar-refractivity contribution < 1.29 is 19.9 Å². The Kier molecular flexibility index (Phi) is 10.1. The molecule has 0 aliphatic carbocycles. The summed E-state index contributed by atoms with van der Waals surface area (Å²) >= 11 is 0.